The van der Waals surface area contributed by atoms with Gasteiger partial charge in [0.1, 0.15) is 0 Å². The van der Waals surface area contributed by atoms with Crippen LogP contribution in [0.2, 0.25) is 0 Å². The van der Waals surface area contributed by atoms with Crippen molar-refractivity contribution < 1.29 is 9.53 Å². The molecule has 0 radical (unpaired) electrons. The van der Waals surface area contributed by atoms with E-state index < -0.39 is 0 Å². The lowest BCUT2D eigenvalue weighted by molar-refractivity contribution is 0.0512. The van der Waals surface area contributed by atoms with E-state index >= 15 is 0 Å². The molecular formula is C15H22BrClN2O2. The predicted octanol–water partition coefficient (Wildman–Crippen LogP) is 2.62. The first-order valence-corrected chi connectivity index (χ1v) is 7.68. The van der Waals surface area contributed by atoms with Crippen LogP contribution in [0.1, 0.15) is 23.2 Å². The van der Waals surface area contributed by atoms with Gasteiger partial charge in [-0.3, -0.25) is 4.79 Å². The molecule has 2 N–H and O–H groups in total. The monoisotopic (exact) mass is 376 g/mol. The Labute approximate surface area is 140 Å². The second-order valence-electron chi connectivity index (χ2n) is 5.37. The molecule has 4 nitrogen and oxygen atoms in total. The fourth-order valence-electron chi connectivity index (χ4n) is 2.61. The minimum absolute atomic E-state index is 0. The smallest absolute Gasteiger partial charge is 0.251 e. The second-order valence-corrected chi connectivity index (χ2v) is 6.29. The number of nitrogens with one attached hydrogen (secondary N) is 2. The molecule has 0 saturated carbocycles. The first-order chi connectivity index (χ1) is 9.65. The van der Waals surface area contributed by atoms with Crippen LogP contribution in [0.3, 0.4) is 0 Å². The third kappa shape index (κ3) is 5.25. The third-order valence-corrected chi connectivity index (χ3v) is 4.37. The number of ether oxygens (including phenoxy) is 1. The van der Waals surface area contributed by atoms with Crippen LogP contribution >= 0.6 is 28.3 Å². The summed E-state index contributed by atoms with van der Waals surface area (Å²) in [5.41, 5.74) is 0.750. The van der Waals surface area contributed by atoms with Crippen molar-refractivity contribution in [2.24, 2.45) is 5.41 Å². The van der Waals surface area contributed by atoms with E-state index in [4.69, 9.17) is 4.74 Å². The van der Waals surface area contributed by atoms with Gasteiger partial charge in [0.2, 0.25) is 0 Å². The number of amides is 1. The fourth-order valence-corrected chi connectivity index (χ4v) is 2.87. The lowest BCUT2D eigenvalue weighted by Crippen LogP contribution is -2.47. The molecule has 0 aliphatic carbocycles. The van der Waals surface area contributed by atoms with Gasteiger partial charge in [0.15, 0.2) is 0 Å². The van der Waals surface area contributed by atoms with Crippen LogP contribution in [0.25, 0.3) is 0 Å². The van der Waals surface area contributed by atoms with Gasteiger partial charge in [0.05, 0.1) is 6.61 Å². The van der Waals surface area contributed by atoms with Gasteiger partial charge in [-0.05, 0) is 50.2 Å². The van der Waals surface area contributed by atoms with Crippen LogP contribution in [0.15, 0.2) is 28.7 Å². The number of benzene rings is 1. The van der Waals surface area contributed by atoms with Gasteiger partial charge in [-0.25, -0.2) is 0 Å². The summed E-state index contributed by atoms with van der Waals surface area (Å²) in [6.07, 6.45) is 2.06. The van der Waals surface area contributed by atoms with Crippen LogP contribution in [0.4, 0.5) is 0 Å². The van der Waals surface area contributed by atoms with Gasteiger partial charge in [-0.2, -0.15) is 0 Å². The fraction of sp³-hybridized carbons (Fsp3) is 0.533. The molecule has 1 aliphatic rings. The molecule has 0 unspecified atom stereocenters. The topological polar surface area (TPSA) is 50.4 Å². The molecule has 2 rings (SSSR count). The summed E-state index contributed by atoms with van der Waals surface area (Å²) in [6, 6.07) is 7.41. The van der Waals surface area contributed by atoms with E-state index in [0.717, 1.165) is 30.4 Å². The minimum atomic E-state index is -0.0217. The van der Waals surface area contributed by atoms with Crippen molar-refractivity contribution in [2.75, 3.05) is 33.4 Å². The molecule has 1 saturated heterocycles. The molecular weight excluding hydrogens is 356 g/mol. The largest absolute Gasteiger partial charge is 0.384 e. The van der Waals surface area contributed by atoms with E-state index in [-0.39, 0.29) is 23.7 Å². The van der Waals surface area contributed by atoms with Crippen molar-refractivity contribution in [1.82, 2.24) is 10.6 Å². The van der Waals surface area contributed by atoms with E-state index in [1.54, 1.807) is 7.11 Å². The van der Waals surface area contributed by atoms with E-state index in [0.29, 0.717) is 18.7 Å². The lowest BCUT2D eigenvalue weighted by Gasteiger charge is -2.37. The van der Waals surface area contributed by atoms with Crippen molar-refractivity contribution in [3.63, 3.8) is 0 Å². The number of methoxy groups -OCH3 is 1. The summed E-state index contributed by atoms with van der Waals surface area (Å²) in [4.78, 5) is 12.2. The van der Waals surface area contributed by atoms with Crippen LogP contribution < -0.4 is 10.6 Å². The van der Waals surface area contributed by atoms with Gasteiger partial charge >= 0.3 is 0 Å². The number of piperidine rings is 1. The molecule has 0 spiro atoms. The SMILES string of the molecule is COCC1(CNC(=O)c2ccc(Br)cc2)CCNCC1.Cl. The Morgan fingerprint density at radius 3 is 2.52 bits per heavy atom. The van der Waals surface area contributed by atoms with E-state index in [9.17, 15) is 4.79 Å². The third-order valence-electron chi connectivity index (χ3n) is 3.85. The highest BCUT2D eigenvalue weighted by Gasteiger charge is 2.32. The minimum Gasteiger partial charge on any atom is -0.384 e. The maximum Gasteiger partial charge on any atom is 0.251 e. The maximum absolute atomic E-state index is 12.2. The van der Waals surface area contributed by atoms with Crippen LogP contribution in [-0.2, 0) is 4.74 Å². The normalized spacial score (nSPS) is 16.9. The van der Waals surface area contributed by atoms with Crippen molar-refractivity contribution >= 4 is 34.2 Å². The Morgan fingerprint density at radius 2 is 1.95 bits per heavy atom. The van der Waals surface area contributed by atoms with Crippen molar-refractivity contribution in [1.29, 1.82) is 0 Å². The Kier molecular flexibility index (Phi) is 7.66. The predicted molar refractivity (Wildman–Crippen MR) is 90.1 cm³/mol. The molecule has 1 aliphatic heterocycles. The second kappa shape index (κ2) is 8.73. The summed E-state index contributed by atoms with van der Waals surface area (Å²) in [7, 11) is 1.72. The number of hydrogen-bond acceptors (Lipinski definition) is 3. The van der Waals surface area contributed by atoms with Crippen LogP contribution in [0, 0.1) is 5.41 Å². The van der Waals surface area contributed by atoms with Crippen molar-refractivity contribution in [2.45, 2.75) is 12.8 Å². The number of hydrogen-bond donors (Lipinski definition) is 2. The first-order valence-electron chi connectivity index (χ1n) is 6.89. The van der Waals surface area contributed by atoms with E-state index in [1.165, 1.54) is 0 Å². The Bertz CT molecular complexity index is 442. The van der Waals surface area contributed by atoms with Gasteiger partial charge < -0.3 is 15.4 Å². The molecule has 0 aromatic heterocycles. The Balaban J connectivity index is 0.00000220. The lowest BCUT2D eigenvalue weighted by atomic mass is 9.79. The molecule has 21 heavy (non-hydrogen) atoms. The zero-order valence-electron chi connectivity index (χ0n) is 12.2. The molecule has 1 heterocycles. The molecule has 0 bridgehead atoms. The van der Waals surface area contributed by atoms with Gasteiger partial charge in [-0.15, -0.1) is 12.4 Å². The highest BCUT2D eigenvalue weighted by Crippen LogP contribution is 2.28. The molecule has 118 valence electrons. The zero-order valence-corrected chi connectivity index (χ0v) is 14.6. The average molecular weight is 378 g/mol. The molecule has 6 heteroatoms. The number of rotatable bonds is 5. The van der Waals surface area contributed by atoms with Crippen LogP contribution in [0.5, 0.6) is 0 Å². The highest BCUT2D eigenvalue weighted by atomic mass is 79.9. The van der Waals surface area contributed by atoms with Crippen molar-refractivity contribution in [3.05, 3.63) is 34.3 Å². The van der Waals surface area contributed by atoms with Crippen molar-refractivity contribution in [3.8, 4) is 0 Å². The van der Waals surface area contributed by atoms with Gasteiger partial charge in [-0.1, -0.05) is 15.9 Å². The summed E-state index contributed by atoms with van der Waals surface area (Å²) in [6.45, 7) is 3.32. The molecule has 1 aromatic rings. The number of carbonyl (C=O) groups is 1. The summed E-state index contributed by atoms with van der Waals surface area (Å²) in [5.74, 6) is -0.0217. The summed E-state index contributed by atoms with van der Waals surface area (Å²) in [5, 5.41) is 6.40. The highest BCUT2D eigenvalue weighted by molar-refractivity contribution is 9.10. The summed E-state index contributed by atoms with van der Waals surface area (Å²) < 4.78 is 6.33. The molecule has 1 aromatic carbocycles. The number of carbonyl (C=O) groups excluding carboxylic acids is 1. The van der Waals surface area contributed by atoms with Gasteiger partial charge in [0.25, 0.3) is 5.91 Å². The first kappa shape index (κ1) is 18.4. The van der Waals surface area contributed by atoms with E-state index in [1.807, 2.05) is 24.3 Å². The summed E-state index contributed by atoms with van der Waals surface area (Å²) >= 11 is 3.37. The van der Waals surface area contributed by atoms with Crippen LogP contribution in [-0.4, -0.2) is 39.3 Å². The molecule has 1 amide bonds. The van der Waals surface area contributed by atoms with E-state index in [2.05, 4.69) is 26.6 Å². The molecule has 0 atom stereocenters. The molecule has 1 fully saturated rings. The number of halogens is 2. The quantitative estimate of drug-likeness (QED) is 0.829. The maximum atomic E-state index is 12.2. The zero-order chi connectivity index (χ0) is 14.4. The Hall–Kier alpha value is -0.620. The standard InChI is InChI=1S/C15H21BrN2O2.ClH/c1-20-11-15(6-8-17-9-7-15)10-18-14(19)12-2-4-13(16)5-3-12;/h2-5,17H,6-11H2,1H3,(H,18,19);1H. The average Bonchev–Trinajstić information content (AvgIpc) is 2.47. The Morgan fingerprint density at radius 1 is 1.33 bits per heavy atom. The van der Waals surface area contributed by atoms with Gasteiger partial charge in [0, 0.05) is 29.1 Å².